The molecule has 0 saturated carbocycles. The second kappa shape index (κ2) is 11.3. The van der Waals surface area contributed by atoms with Gasteiger partial charge in [0.05, 0.1) is 23.0 Å². The van der Waals surface area contributed by atoms with E-state index in [1.165, 1.54) is 12.4 Å². The predicted octanol–water partition coefficient (Wildman–Crippen LogP) is 1.55. The number of carbonyl (C=O) groups excluding carboxylic acids is 1. The minimum Gasteiger partial charge on any atom is -0.375 e. The highest BCUT2D eigenvalue weighted by atomic mass is 16.5. The van der Waals surface area contributed by atoms with Crippen LogP contribution in [0.15, 0.2) is 66.9 Å². The van der Waals surface area contributed by atoms with Gasteiger partial charge in [0.15, 0.2) is 5.82 Å². The fourth-order valence-electron chi connectivity index (χ4n) is 4.35. The molecule has 4 rings (SSSR count). The molecule has 0 radical (unpaired) electrons. The molecule has 0 saturated heterocycles. The first-order valence-electron chi connectivity index (χ1n) is 11.8. The molecule has 1 aliphatic carbocycles. The Labute approximate surface area is 215 Å². The lowest BCUT2D eigenvalue weighted by molar-refractivity contribution is -0.115. The average molecular weight is 505 g/mol. The van der Waals surface area contributed by atoms with Crippen molar-refractivity contribution >= 4 is 17.4 Å². The minimum absolute atomic E-state index is 0.0850. The van der Waals surface area contributed by atoms with E-state index in [9.17, 15) is 4.79 Å². The number of aromatic nitrogens is 6. The van der Waals surface area contributed by atoms with Crippen molar-refractivity contribution in [3.63, 3.8) is 0 Å². The lowest BCUT2D eigenvalue weighted by Crippen LogP contribution is -2.41. The standard InChI is InChI=1S/C25H32N10O2/c1-7-21(36)30-18-12-19(23(37-6)16(2)22(18)34(5)11-10-33(3)4)31-25-28-14-27-24(32-25)17-13-29-35-15-26-9-8-20(17)35/h7-9,12-16,23H,1,10-11H2,2-6H3,(H,30,36)(H,27,28,31,32). The number of amides is 1. The smallest absolute Gasteiger partial charge is 0.247 e. The number of nitrogens with zero attached hydrogens (tertiary/aromatic N) is 8. The summed E-state index contributed by atoms with van der Waals surface area (Å²) in [4.78, 5) is 33.9. The van der Waals surface area contributed by atoms with Crippen molar-refractivity contribution in [3.05, 3.63) is 66.9 Å². The van der Waals surface area contributed by atoms with Crippen LogP contribution < -0.4 is 10.6 Å². The summed E-state index contributed by atoms with van der Waals surface area (Å²) < 4.78 is 7.57. The quantitative estimate of drug-likeness (QED) is 0.393. The van der Waals surface area contributed by atoms with Gasteiger partial charge < -0.3 is 25.2 Å². The molecule has 12 heteroatoms. The van der Waals surface area contributed by atoms with Gasteiger partial charge >= 0.3 is 0 Å². The Bertz CT molecular complexity index is 1350. The van der Waals surface area contributed by atoms with Gasteiger partial charge in [-0.3, -0.25) is 4.79 Å². The number of hydrogen-bond donors (Lipinski definition) is 2. The number of nitrogens with one attached hydrogen (secondary N) is 2. The molecule has 3 aromatic rings. The van der Waals surface area contributed by atoms with Gasteiger partial charge in [0.25, 0.3) is 0 Å². The van der Waals surface area contributed by atoms with Gasteiger partial charge in [0, 0.05) is 50.8 Å². The number of rotatable bonds is 10. The summed E-state index contributed by atoms with van der Waals surface area (Å²) in [5, 5.41) is 10.6. The van der Waals surface area contributed by atoms with Crippen molar-refractivity contribution in [2.75, 3.05) is 46.7 Å². The maximum atomic E-state index is 12.3. The van der Waals surface area contributed by atoms with Gasteiger partial charge in [-0.25, -0.2) is 19.5 Å². The SMILES string of the molecule is C=CC(=O)NC1=C(N(C)CCN(C)C)C(C)C(OC)C(Nc2ncnc(-c3cnn4cnccc34)n2)=C1. The largest absolute Gasteiger partial charge is 0.375 e. The number of fused-ring (bicyclic) bond motifs is 1. The van der Waals surface area contributed by atoms with Gasteiger partial charge in [-0.05, 0) is 32.3 Å². The number of anilines is 1. The molecular weight excluding hydrogens is 472 g/mol. The molecule has 0 spiro atoms. The van der Waals surface area contributed by atoms with E-state index >= 15 is 0 Å². The molecule has 0 aromatic carbocycles. The third-order valence-corrected chi connectivity index (χ3v) is 6.16. The molecular formula is C25H32N10O2. The maximum absolute atomic E-state index is 12.3. The van der Waals surface area contributed by atoms with Crippen molar-refractivity contribution in [1.29, 1.82) is 0 Å². The monoisotopic (exact) mass is 504 g/mol. The van der Waals surface area contributed by atoms with Crippen LogP contribution in [0.1, 0.15) is 6.92 Å². The summed E-state index contributed by atoms with van der Waals surface area (Å²) >= 11 is 0. The molecule has 2 atom stereocenters. The highest BCUT2D eigenvalue weighted by Gasteiger charge is 2.33. The first-order chi connectivity index (χ1) is 17.8. The molecule has 0 fully saturated rings. The third-order valence-electron chi connectivity index (χ3n) is 6.16. The van der Waals surface area contributed by atoms with E-state index in [0.717, 1.165) is 29.9 Å². The maximum Gasteiger partial charge on any atom is 0.247 e. The van der Waals surface area contributed by atoms with E-state index in [-0.39, 0.29) is 17.9 Å². The third kappa shape index (κ3) is 5.65. The summed E-state index contributed by atoms with van der Waals surface area (Å²) in [5.74, 6) is 0.435. The molecule has 194 valence electrons. The normalized spacial score (nSPS) is 17.6. The number of carbonyl (C=O) groups is 1. The van der Waals surface area contributed by atoms with Gasteiger partial charge in [0.2, 0.25) is 11.9 Å². The number of hydrogen-bond acceptors (Lipinski definition) is 10. The second-order valence-electron chi connectivity index (χ2n) is 8.99. The molecule has 37 heavy (non-hydrogen) atoms. The van der Waals surface area contributed by atoms with E-state index in [4.69, 9.17) is 4.74 Å². The Hall–Kier alpha value is -4.16. The van der Waals surface area contributed by atoms with Gasteiger partial charge in [-0.1, -0.05) is 13.5 Å². The number of allylic oxidation sites excluding steroid dienone is 1. The van der Waals surface area contributed by atoms with E-state index in [1.54, 1.807) is 30.3 Å². The van der Waals surface area contributed by atoms with Crippen molar-refractivity contribution in [3.8, 4) is 11.4 Å². The zero-order valence-corrected chi connectivity index (χ0v) is 21.7. The highest BCUT2D eigenvalue weighted by molar-refractivity contribution is 5.88. The molecule has 2 unspecified atom stereocenters. The topological polar surface area (TPSA) is 126 Å². The average Bonchev–Trinajstić information content (AvgIpc) is 3.32. The van der Waals surface area contributed by atoms with Crippen LogP contribution in [0.5, 0.6) is 0 Å². The summed E-state index contributed by atoms with van der Waals surface area (Å²) in [6.45, 7) is 7.29. The van der Waals surface area contributed by atoms with Crippen LogP contribution in [0.3, 0.4) is 0 Å². The molecule has 1 amide bonds. The highest BCUT2D eigenvalue weighted by Crippen LogP contribution is 2.33. The number of likely N-dealkylation sites (N-methyl/N-ethyl adjacent to an activating group) is 2. The van der Waals surface area contributed by atoms with Crippen LogP contribution >= 0.6 is 0 Å². The molecule has 3 heterocycles. The number of methoxy groups -OCH3 is 1. The molecule has 12 nitrogen and oxygen atoms in total. The summed E-state index contributed by atoms with van der Waals surface area (Å²) in [6, 6.07) is 1.85. The van der Waals surface area contributed by atoms with Crippen LogP contribution in [0.4, 0.5) is 5.95 Å². The van der Waals surface area contributed by atoms with Crippen molar-refractivity contribution in [1.82, 2.24) is 44.7 Å². The second-order valence-corrected chi connectivity index (χ2v) is 8.99. The van der Waals surface area contributed by atoms with E-state index in [1.807, 2.05) is 33.3 Å². The molecule has 2 N–H and O–H groups in total. The predicted molar refractivity (Wildman–Crippen MR) is 140 cm³/mol. The Morgan fingerprint density at radius 2 is 2.08 bits per heavy atom. The molecule has 0 bridgehead atoms. The van der Waals surface area contributed by atoms with E-state index in [2.05, 4.69) is 59.0 Å². The van der Waals surface area contributed by atoms with E-state index < -0.39 is 0 Å². The number of ether oxygens (including phenoxy) is 1. The first-order valence-corrected chi connectivity index (χ1v) is 11.8. The van der Waals surface area contributed by atoms with Crippen molar-refractivity contribution in [2.24, 2.45) is 5.92 Å². The Morgan fingerprint density at radius 1 is 1.27 bits per heavy atom. The van der Waals surface area contributed by atoms with Crippen LogP contribution in [0.2, 0.25) is 0 Å². The first kappa shape index (κ1) is 25.9. The van der Waals surface area contributed by atoms with Gasteiger partial charge in [-0.15, -0.1) is 0 Å². The van der Waals surface area contributed by atoms with Crippen LogP contribution in [-0.2, 0) is 9.53 Å². The Morgan fingerprint density at radius 3 is 2.81 bits per heavy atom. The molecule has 0 aliphatic heterocycles. The fourth-order valence-corrected chi connectivity index (χ4v) is 4.35. The van der Waals surface area contributed by atoms with Crippen LogP contribution in [0, 0.1) is 5.92 Å². The summed E-state index contributed by atoms with van der Waals surface area (Å²) in [5.41, 5.74) is 3.92. The van der Waals surface area contributed by atoms with E-state index in [0.29, 0.717) is 23.2 Å². The summed E-state index contributed by atoms with van der Waals surface area (Å²) in [7, 11) is 7.73. The minimum atomic E-state index is -0.329. The van der Waals surface area contributed by atoms with Crippen molar-refractivity contribution in [2.45, 2.75) is 13.0 Å². The summed E-state index contributed by atoms with van der Waals surface area (Å²) in [6.07, 6.45) is 9.23. The Kier molecular flexibility index (Phi) is 7.89. The van der Waals surface area contributed by atoms with Crippen molar-refractivity contribution < 1.29 is 9.53 Å². The zero-order chi connectivity index (χ0) is 26.5. The fraction of sp³-hybridized carbons (Fsp3) is 0.360. The Balaban J connectivity index is 1.69. The van der Waals surface area contributed by atoms with Gasteiger partial charge in [0.1, 0.15) is 18.8 Å². The van der Waals surface area contributed by atoms with Gasteiger partial charge in [-0.2, -0.15) is 10.1 Å². The molecule has 1 aliphatic rings. The zero-order valence-electron chi connectivity index (χ0n) is 21.7. The van der Waals surface area contributed by atoms with Crippen LogP contribution in [0.25, 0.3) is 16.9 Å². The van der Waals surface area contributed by atoms with Crippen LogP contribution in [-0.4, -0.2) is 92.7 Å². The molecule has 3 aromatic heterocycles. The lowest BCUT2D eigenvalue weighted by Gasteiger charge is -2.38. The lowest BCUT2D eigenvalue weighted by atomic mass is 9.90.